The van der Waals surface area contributed by atoms with Crippen molar-refractivity contribution in [2.45, 2.75) is 20.8 Å². The van der Waals surface area contributed by atoms with Crippen LogP contribution >= 0.6 is 11.6 Å². The lowest BCUT2D eigenvalue weighted by Gasteiger charge is -2.38. The van der Waals surface area contributed by atoms with E-state index < -0.39 is 0 Å². The minimum atomic E-state index is -0.170. The second kappa shape index (κ2) is 8.19. The van der Waals surface area contributed by atoms with E-state index in [-0.39, 0.29) is 11.3 Å². The summed E-state index contributed by atoms with van der Waals surface area (Å²) in [6.45, 7) is 9.97. The molecule has 0 atom stereocenters. The van der Waals surface area contributed by atoms with Gasteiger partial charge in [-0.1, -0.05) is 38.4 Å². The van der Waals surface area contributed by atoms with Crippen LogP contribution in [0.3, 0.4) is 0 Å². The third-order valence-electron chi connectivity index (χ3n) is 4.35. The van der Waals surface area contributed by atoms with Crippen LogP contribution in [0.4, 0.5) is 5.69 Å². The number of pyridine rings is 1. The lowest BCUT2D eigenvalue weighted by Crippen LogP contribution is -2.50. The van der Waals surface area contributed by atoms with E-state index in [9.17, 15) is 4.79 Å². The van der Waals surface area contributed by atoms with Crippen LogP contribution in [0.1, 0.15) is 20.8 Å². The topological polar surface area (TPSA) is 39.7 Å². The highest BCUT2D eigenvalue weighted by molar-refractivity contribution is 6.33. The summed E-state index contributed by atoms with van der Waals surface area (Å²) in [4.78, 5) is 23.4. The number of halogens is 1. The van der Waals surface area contributed by atoms with Crippen molar-refractivity contribution in [3.05, 3.63) is 35.1 Å². The number of hydrogen-bond acceptors (Lipinski definition) is 4. The molecule has 1 aliphatic rings. The van der Waals surface area contributed by atoms with E-state index in [1.165, 1.54) is 0 Å². The SMILES string of the molecule is CN(C)C/C=C(/C(=O)N1CCN(c2cnccc2Cl)CC1)C(C)(C)C. The quantitative estimate of drug-likeness (QED) is 0.770. The second-order valence-corrected chi connectivity index (χ2v) is 8.14. The highest BCUT2D eigenvalue weighted by Crippen LogP contribution is 2.29. The Bertz CT molecular complexity index is 629. The largest absolute Gasteiger partial charge is 0.366 e. The molecule has 1 saturated heterocycles. The minimum absolute atomic E-state index is 0.145. The third kappa shape index (κ3) is 5.19. The smallest absolute Gasteiger partial charge is 0.250 e. The molecular formula is C19H29ClN4O. The van der Waals surface area contributed by atoms with Crippen LogP contribution in [0.15, 0.2) is 30.1 Å². The fourth-order valence-electron chi connectivity index (χ4n) is 2.91. The zero-order valence-electron chi connectivity index (χ0n) is 15.9. The predicted octanol–water partition coefficient (Wildman–Crippen LogP) is 2.92. The Morgan fingerprint density at radius 3 is 2.44 bits per heavy atom. The first-order chi connectivity index (χ1) is 11.7. The van der Waals surface area contributed by atoms with E-state index in [1.807, 2.05) is 19.0 Å². The lowest BCUT2D eigenvalue weighted by atomic mass is 9.85. The Hall–Kier alpha value is -1.59. The van der Waals surface area contributed by atoms with Crippen molar-refractivity contribution in [1.82, 2.24) is 14.8 Å². The first kappa shape index (κ1) is 19.7. The summed E-state index contributed by atoms with van der Waals surface area (Å²) in [5.41, 5.74) is 1.65. The molecule has 0 spiro atoms. The van der Waals surface area contributed by atoms with Gasteiger partial charge in [0.1, 0.15) is 0 Å². The van der Waals surface area contributed by atoms with Gasteiger partial charge in [0.05, 0.1) is 16.9 Å². The Morgan fingerprint density at radius 2 is 1.92 bits per heavy atom. The molecule has 0 unspecified atom stereocenters. The van der Waals surface area contributed by atoms with Gasteiger partial charge < -0.3 is 14.7 Å². The van der Waals surface area contributed by atoms with Gasteiger partial charge in [0.15, 0.2) is 0 Å². The molecule has 0 aromatic carbocycles. The number of piperazine rings is 1. The molecule has 0 radical (unpaired) electrons. The summed E-state index contributed by atoms with van der Waals surface area (Å²) in [5, 5.41) is 0.705. The van der Waals surface area contributed by atoms with Crippen LogP contribution in [-0.4, -0.2) is 67.5 Å². The summed E-state index contributed by atoms with van der Waals surface area (Å²) < 4.78 is 0. The van der Waals surface area contributed by atoms with Crippen LogP contribution in [0, 0.1) is 5.41 Å². The zero-order chi connectivity index (χ0) is 18.6. The number of likely N-dealkylation sites (N-methyl/N-ethyl adjacent to an activating group) is 1. The summed E-state index contributed by atoms with van der Waals surface area (Å²) in [6.07, 6.45) is 5.54. The highest BCUT2D eigenvalue weighted by Gasteiger charge is 2.30. The predicted molar refractivity (Wildman–Crippen MR) is 104 cm³/mol. The number of nitrogens with zero attached hydrogens (tertiary/aromatic N) is 4. The molecule has 5 nitrogen and oxygen atoms in total. The van der Waals surface area contributed by atoms with Gasteiger partial charge in [-0.05, 0) is 25.6 Å². The number of carbonyl (C=O) groups is 1. The molecule has 1 aliphatic heterocycles. The van der Waals surface area contributed by atoms with Crippen LogP contribution in [0.5, 0.6) is 0 Å². The normalized spacial score (nSPS) is 16.5. The van der Waals surface area contributed by atoms with Crippen LogP contribution in [0.2, 0.25) is 5.02 Å². The highest BCUT2D eigenvalue weighted by atomic mass is 35.5. The summed E-state index contributed by atoms with van der Waals surface area (Å²) in [7, 11) is 4.02. The summed E-state index contributed by atoms with van der Waals surface area (Å²) >= 11 is 6.26. The van der Waals surface area contributed by atoms with Crippen molar-refractivity contribution in [3.8, 4) is 0 Å². The number of amides is 1. The molecule has 6 heteroatoms. The fraction of sp³-hybridized carbons (Fsp3) is 0.579. The summed E-state index contributed by atoms with van der Waals surface area (Å²) in [5.74, 6) is 0.145. The average molecular weight is 365 g/mol. The number of anilines is 1. The Morgan fingerprint density at radius 1 is 1.28 bits per heavy atom. The van der Waals surface area contributed by atoms with E-state index in [0.29, 0.717) is 18.1 Å². The van der Waals surface area contributed by atoms with Crippen LogP contribution in [0.25, 0.3) is 0 Å². The van der Waals surface area contributed by atoms with Gasteiger partial charge in [-0.25, -0.2) is 0 Å². The van der Waals surface area contributed by atoms with Crippen molar-refractivity contribution in [2.75, 3.05) is 51.7 Å². The number of hydrogen-bond donors (Lipinski definition) is 0. The Balaban J connectivity index is 2.06. The van der Waals surface area contributed by atoms with Crippen molar-refractivity contribution in [2.24, 2.45) is 5.41 Å². The van der Waals surface area contributed by atoms with E-state index in [4.69, 9.17) is 11.6 Å². The van der Waals surface area contributed by atoms with Gasteiger partial charge in [-0.2, -0.15) is 0 Å². The van der Waals surface area contributed by atoms with Crippen LogP contribution < -0.4 is 4.90 Å². The lowest BCUT2D eigenvalue weighted by molar-refractivity contribution is -0.128. The maximum atomic E-state index is 13.0. The molecule has 138 valence electrons. The Kier molecular flexibility index (Phi) is 6.47. The number of carbonyl (C=O) groups excluding carboxylic acids is 1. The van der Waals surface area contributed by atoms with Gasteiger partial charge in [-0.15, -0.1) is 0 Å². The molecule has 0 N–H and O–H groups in total. The monoisotopic (exact) mass is 364 g/mol. The van der Waals surface area contributed by atoms with Crippen molar-refractivity contribution in [3.63, 3.8) is 0 Å². The van der Waals surface area contributed by atoms with Crippen molar-refractivity contribution >= 4 is 23.2 Å². The molecule has 1 aromatic rings. The van der Waals surface area contributed by atoms with Crippen LogP contribution in [-0.2, 0) is 4.79 Å². The molecular weight excluding hydrogens is 336 g/mol. The zero-order valence-corrected chi connectivity index (χ0v) is 16.7. The molecule has 0 bridgehead atoms. The maximum absolute atomic E-state index is 13.0. The van der Waals surface area contributed by atoms with Gasteiger partial charge in [0, 0.05) is 44.5 Å². The molecule has 0 aliphatic carbocycles. The van der Waals surface area contributed by atoms with E-state index >= 15 is 0 Å². The van der Waals surface area contributed by atoms with Gasteiger partial charge in [0.25, 0.3) is 0 Å². The molecule has 1 aromatic heterocycles. The Labute approximate surface area is 156 Å². The van der Waals surface area contributed by atoms with E-state index in [2.05, 4.69) is 41.6 Å². The van der Waals surface area contributed by atoms with Crippen molar-refractivity contribution in [1.29, 1.82) is 0 Å². The molecule has 1 fully saturated rings. The van der Waals surface area contributed by atoms with Crippen molar-refractivity contribution < 1.29 is 4.79 Å². The minimum Gasteiger partial charge on any atom is -0.366 e. The molecule has 1 amide bonds. The second-order valence-electron chi connectivity index (χ2n) is 7.74. The first-order valence-electron chi connectivity index (χ1n) is 8.69. The van der Waals surface area contributed by atoms with Gasteiger partial charge in [-0.3, -0.25) is 9.78 Å². The number of rotatable bonds is 4. The molecule has 2 heterocycles. The van der Waals surface area contributed by atoms with E-state index in [0.717, 1.165) is 30.9 Å². The van der Waals surface area contributed by atoms with Gasteiger partial charge >= 0.3 is 0 Å². The first-order valence-corrected chi connectivity index (χ1v) is 9.07. The third-order valence-corrected chi connectivity index (χ3v) is 4.67. The number of aromatic nitrogens is 1. The maximum Gasteiger partial charge on any atom is 0.250 e. The summed E-state index contributed by atoms with van der Waals surface area (Å²) in [6, 6.07) is 1.80. The molecule has 2 rings (SSSR count). The average Bonchev–Trinajstić information content (AvgIpc) is 2.54. The fourth-order valence-corrected chi connectivity index (χ4v) is 3.14. The standard InChI is InChI=1S/C19H29ClN4O/c1-19(2,3)15(7-9-22(4)5)18(25)24-12-10-23(11-13-24)17-14-21-8-6-16(17)20/h6-8,14H,9-13H2,1-5H3/b15-7-. The van der Waals surface area contributed by atoms with Gasteiger partial charge in [0.2, 0.25) is 5.91 Å². The van der Waals surface area contributed by atoms with E-state index in [1.54, 1.807) is 18.5 Å². The molecule has 0 saturated carbocycles. The molecule has 25 heavy (non-hydrogen) atoms.